The minimum atomic E-state index is -0.166. The zero-order valence-corrected chi connectivity index (χ0v) is 11.8. The Morgan fingerprint density at radius 2 is 2.18 bits per heavy atom. The summed E-state index contributed by atoms with van der Waals surface area (Å²) in [6.45, 7) is 8.74. The molecular formula is C13H28N4. The summed E-state index contributed by atoms with van der Waals surface area (Å²) >= 11 is 0. The number of likely N-dealkylation sites (tertiary alicyclic amines) is 1. The van der Waals surface area contributed by atoms with Gasteiger partial charge in [-0.2, -0.15) is 0 Å². The maximum Gasteiger partial charge on any atom is 0.0963 e. The SMILES string of the molecule is CN1CCC(CN(C)CCC(C)(C)C(=N)N)C1. The van der Waals surface area contributed by atoms with Gasteiger partial charge in [-0.3, -0.25) is 5.41 Å². The zero-order valence-electron chi connectivity index (χ0n) is 11.8. The van der Waals surface area contributed by atoms with Gasteiger partial charge in [-0.15, -0.1) is 0 Å². The van der Waals surface area contributed by atoms with E-state index < -0.39 is 0 Å². The average molecular weight is 240 g/mol. The van der Waals surface area contributed by atoms with Gasteiger partial charge >= 0.3 is 0 Å². The summed E-state index contributed by atoms with van der Waals surface area (Å²) < 4.78 is 0. The van der Waals surface area contributed by atoms with Gasteiger partial charge in [-0.05, 0) is 45.9 Å². The Labute approximate surface area is 106 Å². The van der Waals surface area contributed by atoms with Gasteiger partial charge in [-0.1, -0.05) is 13.8 Å². The highest BCUT2D eigenvalue weighted by Crippen LogP contribution is 2.21. The first-order valence-corrected chi connectivity index (χ1v) is 6.53. The van der Waals surface area contributed by atoms with E-state index in [-0.39, 0.29) is 5.41 Å². The fourth-order valence-electron chi connectivity index (χ4n) is 2.31. The van der Waals surface area contributed by atoms with Crippen molar-refractivity contribution in [3.63, 3.8) is 0 Å². The number of amidine groups is 1. The van der Waals surface area contributed by atoms with Gasteiger partial charge in [0.25, 0.3) is 0 Å². The molecule has 1 heterocycles. The van der Waals surface area contributed by atoms with E-state index in [0.717, 1.165) is 18.9 Å². The largest absolute Gasteiger partial charge is 0.387 e. The quantitative estimate of drug-likeness (QED) is 0.542. The van der Waals surface area contributed by atoms with Crippen molar-refractivity contribution in [3.8, 4) is 0 Å². The van der Waals surface area contributed by atoms with Gasteiger partial charge in [-0.25, -0.2) is 0 Å². The highest BCUT2D eigenvalue weighted by molar-refractivity contribution is 5.82. The van der Waals surface area contributed by atoms with E-state index in [4.69, 9.17) is 11.1 Å². The minimum Gasteiger partial charge on any atom is -0.387 e. The predicted octanol–water partition coefficient (Wildman–Crippen LogP) is 1.22. The second-order valence-corrected chi connectivity index (χ2v) is 6.23. The molecule has 1 aliphatic rings. The summed E-state index contributed by atoms with van der Waals surface area (Å²) in [5.74, 6) is 1.11. The molecule has 4 heteroatoms. The molecule has 0 aliphatic carbocycles. The molecule has 1 aliphatic heterocycles. The lowest BCUT2D eigenvalue weighted by atomic mass is 9.88. The number of nitrogens with one attached hydrogen (secondary N) is 1. The lowest BCUT2D eigenvalue weighted by Gasteiger charge is -2.27. The maximum absolute atomic E-state index is 7.54. The third-order valence-corrected chi connectivity index (χ3v) is 3.91. The Morgan fingerprint density at radius 1 is 1.53 bits per heavy atom. The smallest absolute Gasteiger partial charge is 0.0963 e. The van der Waals surface area contributed by atoms with Crippen LogP contribution in [0.3, 0.4) is 0 Å². The number of rotatable bonds is 6. The first kappa shape index (κ1) is 14.5. The lowest BCUT2D eigenvalue weighted by Crippen LogP contribution is -2.36. The molecule has 1 unspecified atom stereocenters. The van der Waals surface area contributed by atoms with Crippen LogP contribution in [0.15, 0.2) is 0 Å². The summed E-state index contributed by atoms with van der Waals surface area (Å²) in [4.78, 5) is 4.78. The lowest BCUT2D eigenvalue weighted by molar-refractivity contribution is 0.249. The van der Waals surface area contributed by atoms with Gasteiger partial charge in [0.2, 0.25) is 0 Å². The highest BCUT2D eigenvalue weighted by atomic mass is 15.1. The van der Waals surface area contributed by atoms with Crippen molar-refractivity contribution in [3.05, 3.63) is 0 Å². The number of hydrogen-bond donors (Lipinski definition) is 2. The second kappa shape index (κ2) is 5.83. The van der Waals surface area contributed by atoms with Crippen LogP contribution in [-0.4, -0.2) is 55.9 Å². The second-order valence-electron chi connectivity index (χ2n) is 6.23. The average Bonchev–Trinajstić information content (AvgIpc) is 2.61. The molecule has 0 bridgehead atoms. The van der Waals surface area contributed by atoms with Crippen LogP contribution < -0.4 is 5.73 Å². The third kappa shape index (κ3) is 4.64. The highest BCUT2D eigenvalue weighted by Gasteiger charge is 2.24. The van der Waals surface area contributed by atoms with Gasteiger partial charge in [0.15, 0.2) is 0 Å². The van der Waals surface area contributed by atoms with Crippen LogP contribution in [0.25, 0.3) is 0 Å². The van der Waals surface area contributed by atoms with Crippen molar-refractivity contribution in [2.75, 3.05) is 40.3 Å². The van der Waals surface area contributed by atoms with E-state index in [1.165, 1.54) is 26.1 Å². The Hall–Kier alpha value is -0.610. The minimum absolute atomic E-state index is 0.166. The van der Waals surface area contributed by atoms with Crippen molar-refractivity contribution >= 4 is 5.84 Å². The molecule has 1 atom stereocenters. The van der Waals surface area contributed by atoms with Gasteiger partial charge in [0.05, 0.1) is 5.84 Å². The molecule has 1 saturated heterocycles. The Kier molecular flexibility index (Phi) is 4.95. The number of hydrogen-bond acceptors (Lipinski definition) is 3. The van der Waals surface area contributed by atoms with E-state index in [0.29, 0.717) is 5.84 Å². The summed E-state index contributed by atoms with van der Waals surface area (Å²) in [5, 5.41) is 7.54. The van der Waals surface area contributed by atoms with E-state index >= 15 is 0 Å². The van der Waals surface area contributed by atoms with Gasteiger partial charge in [0, 0.05) is 18.5 Å². The fourth-order valence-corrected chi connectivity index (χ4v) is 2.31. The molecule has 1 rings (SSSR count). The van der Waals surface area contributed by atoms with Crippen LogP contribution >= 0.6 is 0 Å². The molecule has 0 amide bonds. The maximum atomic E-state index is 7.54. The normalized spacial score (nSPS) is 22.3. The molecule has 4 nitrogen and oxygen atoms in total. The topological polar surface area (TPSA) is 56.4 Å². The monoisotopic (exact) mass is 240 g/mol. The van der Waals surface area contributed by atoms with E-state index in [1.54, 1.807) is 0 Å². The third-order valence-electron chi connectivity index (χ3n) is 3.91. The molecule has 0 spiro atoms. The molecular weight excluding hydrogens is 212 g/mol. The van der Waals surface area contributed by atoms with E-state index in [2.05, 4.69) is 23.9 Å². The fraction of sp³-hybridized carbons (Fsp3) is 0.923. The molecule has 100 valence electrons. The van der Waals surface area contributed by atoms with Gasteiger partial charge < -0.3 is 15.5 Å². The zero-order chi connectivity index (χ0) is 13.1. The Balaban J connectivity index is 2.25. The Bertz CT molecular complexity index is 262. The van der Waals surface area contributed by atoms with E-state index in [1.807, 2.05) is 13.8 Å². The van der Waals surface area contributed by atoms with Gasteiger partial charge in [0.1, 0.15) is 0 Å². The van der Waals surface area contributed by atoms with Crippen molar-refractivity contribution in [2.24, 2.45) is 17.1 Å². The molecule has 0 aromatic heterocycles. The molecule has 3 N–H and O–H groups in total. The molecule has 0 aromatic rings. The number of nitrogens with two attached hydrogens (primary N) is 1. The summed E-state index contributed by atoms with van der Waals surface area (Å²) in [7, 11) is 4.37. The molecule has 0 saturated carbocycles. The van der Waals surface area contributed by atoms with Crippen LogP contribution in [-0.2, 0) is 0 Å². The predicted molar refractivity (Wildman–Crippen MR) is 73.4 cm³/mol. The van der Waals surface area contributed by atoms with Crippen molar-refractivity contribution in [2.45, 2.75) is 26.7 Å². The summed E-state index contributed by atoms with van der Waals surface area (Å²) in [6.07, 6.45) is 2.28. The van der Waals surface area contributed by atoms with Crippen LogP contribution in [0.2, 0.25) is 0 Å². The van der Waals surface area contributed by atoms with E-state index in [9.17, 15) is 0 Å². The standard InChI is InChI=1S/C13H28N4/c1-13(2,12(14)15)6-8-17(4)10-11-5-7-16(3)9-11/h11H,5-10H2,1-4H3,(H3,14,15). The molecule has 1 fully saturated rings. The van der Waals surface area contributed by atoms with Crippen molar-refractivity contribution in [1.29, 1.82) is 5.41 Å². The van der Waals surface area contributed by atoms with Crippen LogP contribution in [0.4, 0.5) is 0 Å². The van der Waals surface area contributed by atoms with Crippen molar-refractivity contribution < 1.29 is 0 Å². The summed E-state index contributed by atoms with van der Waals surface area (Å²) in [6, 6.07) is 0. The van der Waals surface area contributed by atoms with Crippen molar-refractivity contribution in [1.82, 2.24) is 9.80 Å². The number of nitrogens with zero attached hydrogens (tertiary/aromatic N) is 2. The first-order chi connectivity index (χ1) is 7.81. The first-order valence-electron chi connectivity index (χ1n) is 6.53. The molecule has 0 radical (unpaired) electrons. The Morgan fingerprint density at radius 3 is 2.65 bits per heavy atom. The van der Waals surface area contributed by atoms with Crippen LogP contribution in [0.5, 0.6) is 0 Å². The summed E-state index contributed by atoms with van der Waals surface area (Å²) in [5.41, 5.74) is 5.43. The molecule has 17 heavy (non-hydrogen) atoms. The van der Waals surface area contributed by atoms with Crippen LogP contribution in [0, 0.1) is 16.7 Å². The van der Waals surface area contributed by atoms with Crippen LogP contribution in [0.1, 0.15) is 26.7 Å². The molecule has 0 aromatic carbocycles.